The summed E-state index contributed by atoms with van der Waals surface area (Å²) >= 11 is 0. The highest BCUT2D eigenvalue weighted by molar-refractivity contribution is 6.01. The van der Waals surface area contributed by atoms with Crippen LogP contribution in [0.15, 0.2) is 122 Å². The van der Waals surface area contributed by atoms with Gasteiger partial charge in [-0.1, -0.05) is 85.8 Å². The second-order valence-electron chi connectivity index (χ2n) is 29.3. The van der Waals surface area contributed by atoms with Crippen LogP contribution in [0.2, 0.25) is 0 Å². The summed E-state index contributed by atoms with van der Waals surface area (Å²) in [4.78, 5) is 193. The van der Waals surface area contributed by atoms with Crippen molar-refractivity contribution in [2.45, 2.75) is 179 Å². The van der Waals surface area contributed by atoms with Crippen LogP contribution in [-0.4, -0.2) is 190 Å². The Balaban J connectivity index is 1.05. The van der Waals surface area contributed by atoms with Gasteiger partial charge in [0, 0.05) is 93.4 Å². The molecule has 0 saturated carbocycles. The maximum atomic E-state index is 15.6. The second kappa shape index (κ2) is 40.7. The number of carbonyl (C=O) groups excluding carboxylic acids is 11. The van der Waals surface area contributed by atoms with Crippen molar-refractivity contribution in [1.82, 2.24) is 41.1 Å². The Bertz CT molecular complexity index is 4360. The van der Waals surface area contributed by atoms with Crippen molar-refractivity contribution in [2.75, 3.05) is 26.8 Å². The minimum Gasteiger partial charge on any atom is -0.497 e. The van der Waals surface area contributed by atoms with E-state index in [4.69, 9.17) is 16.2 Å². The number of aliphatic hydroxyl groups is 3. The number of aryl methyl sites for hydroxylation is 2. The molecule has 1 aliphatic rings. The quantitative estimate of drug-likeness (QED) is 0.0249. The number of methoxy groups -OCH3 is 1. The number of likely N-dealkylation sites (tertiary alicyclic amines) is 1. The van der Waals surface area contributed by atoms with Crippen molar-refractivity contribution in [3.63, 3.8) is 0 Å². The van der Waals surface area contributed by atoms with E-state index in [1.165, 1.54) is 42.5 Å². The molecule has 6 amide bonds. The van der Waals surface area contributed by atoms with E-state index in [0.717, 1.165) is 54.7 Å². The largest absolute Gasteiger partial charge is 0.497 e. The highest BCUT2D eigenvalue weighted by Crippen LogP contribution is 2.35. The van der Waals surface area contributed by atoms with Crippen LogP contribution in [-0.2, 0) is 94.4 Å². The average Bonchev–Trinajstić information content (AvgIpc) is 1.55. The van der Waals surface area contributed by atoms with Crippen molar-refractivity contribution < 1.29 is 97.0 Å². The van der Waals surface area contributed by atoms with E-state index >= 15 is 4.39 Å². The zero-order chi connectivity index (χ0) is 82.3. The number of aliphatic hydroxyl groups excluding tert-OH is 3. The molecular formula is C82H101FN10O19. The van der Waals surface area contributed by atoms with E-state index in [-0.39, 0.29) is 44.2 Å². The lowest BCUT2D eigenvalue weighted by atomic mass is 9.81. The molecule has 14 N–H and O–H groups in total. The van der Waals surface area contributed by atoms with Crippen LogP contribution in [0.1, 0.15) is 132 Å². The van der Waals surface area contributed by atoms with Crippen molar-refractivity contribution in [1.29, 1.82) is 0 Å². The van der Waals surface area contributed by atoms with Gasteiger partial charge in [-0.15, -0.1) is 0 Å². The summed E-state index contributed by atoms with van der Waals surface area (Å²) in [5, 5.41) is 62.5. The van der Waals surface area contributed by atoms with Gasteiger partial charge in [0.15, 0.2) is 28.9 Å². The number of amides is 6. The molecule has 30 heteroatoms. The molecule has 0 unspecified atom stereocenters. The van der Waals surface area contributed by atoms with Crippen molar-refractivity contribution in [3.05, 3.63) is 161 Å². The van der Waals surface area contributed by atoms with Crippen molar-refractivity contribution >= 4 is 76.3 Å². The number of aromatic amines is 1. The number of nitrogens with two attached hydrogens (primary N) is 2. The average molecular weight is 1550 g/mol. The van der Waals surface area contributed by atoms with Crippen molar-refractivity contribution in [3.8, 4) is 28.1 Å². The number of benzene rings is 4. The predicted molar refractivity (Wildman–Crippen MR) is 407 cm³/mol. The summed E-state index contributed by atoms with van der Waals surface area (Å²) in [7, 11) is 1.56. The molecule has 0 aliphatic carbocycles. The number of carbonyl (C=O) groups is 13. The monoisotopic (exact) mass is 1550 g/mol. The molecule has 2 aromatic heterocycles. The Morgan fingerprint density at radius 2 is 1.36 bits per heavy atom. The number of ether oxygens (including phenoxy) is 1. The number of nitrogens with zero attached hydrogens (tertiary/aromatic N) is 3. The number of imidazole rings is 1. The molecule has 600 valence electrons. The molecule has 29 nitrogen and oxygen atoms in total. The number of hydrogen-bond donors (Lipinski definition) is 12. The topological polar surface area (TPSA) is 477 Å². The number of carboxylic acid groups (broad SMARTS) is 2. The molecular weight excluding hydrogens is 1450 g/mol. The number of rotatable bonds is 45. The first-order valence-corrected chi connectivity index (χ1v) is 37.2. The molecule has 1 aliphatic heterocycles. The summed E-state index contributed by atoms with van der Waals surface area (Å²) in [6, 6.07) is 24.5. The molecule has 1 saturated heterocycles. The third-order valence-electron chi connectivity index (χ3n) is 20.8. The molecule has 112 heavy (non-hydrogen) atoms. The van der Waals surface area contributed by atoms with E-state index in [1.54, 1.807) is 37.6 Å². The zero-order valence-corrected chi connectivity index (χ0v) is 63.9. The van der Waals surface area contributed by atoms with E-state index < -0.39 is 218 Å². The first kappa shape index (κ1) is 88.1. The molecule has 7 rings (SSSR count). The lowest BCUT2D eigenvalue weighted by Crippen LogP contribution is -2.58. The fraction of sp³-hybridized carbons (Fsp3) is 0.451. The Labute approximate surface area is 648 Å². The normalized spacial score (nSPS) is 16.6. The van der Waals surface area contributed by atoms with Crippen LogP contribution in [0.4, 0.5) is 4.39 Å². The van der Waals surface area contributed by atoms with Gasteiger partial charge in [0.05, 0.1) is 91.8 Å². The number of hydrogen-bond acceptors (Lipinski definition) is 20. The SMILES string of the molecule is CCc1cc(OC)ccc1-c1ccc(C[C@H](NC(=O)[C@H](CC(=O)O)CC(=O)[C@H](CO)NC(=O)[C@@H](CC(=O)[C@@](C)(Cc2ccccc2F)NC(=O)[C@@H](CC(=O)CNC(=O)[C@H](CCC(=O)O)CC(=O)[C@@]2(C)CCCN2C(=O)[C@@H](N)Cc2cnc[nH]2)[C@@H](C)O)[C@@H](C)O)C(=O)C[C@@H](Cc2ccc(-c3ccccc3C)nc2)C(N)=O)cc1. The summed E-state index contributed by atoms with van der Waals surface area (Å²) in [5.41, 5.74) is 15.2. The molecule has 1 fully saturated rings. The van der Waals surface area contributed by atoms with Gasteiger partial charge >= 0.3 is 11.9 Å². The Morgan fingerprint density at radius 1 is 0.705 bits per heavy atom. The minimum absolute atomic E-state index is 0.0347. The number of nitrogens with one attached hydrogen (secondary N) is 5. The molecule has 12 atom stereocenters. The highest BCUT2D eigenvalue weighted by atomic mass is 19.1. The summed E-state index contributed by atoms with van der Waals surface area (Å²) < 4.78 is 21.0. The van der Waals surface area contributed by atoms with E-state index in [1.807, 2.05) is 68.4 Å². The van der Waals surface area contributed by atoms with Crippen LogP contribution in [0, 0.1) is 42.3 Å². The van der Waals surface area contributed by atoms with Crippen LogP contribution in [0.5, 0.6) is 5.75 Å². The Hall–Kier alpha value is -11.1. The van der Waals surface area contributed by atoms with Gasteiger partial charge in [-0.2, -0.15) is 0 Å². The highest BCUT2D eigenvalue weighted by Gasteiger charge is 2.48. The number of primary amides is 1. The van der Waals surface area contributed by atoms with Crippen molar-refractivity contribution in [2.24, 2.45) is 41.1 Å². The van der Waals surface area contributed by atoms with Gasteiger partial charge in [0.2, 0.25) is 35.4 Å². The number of halogens is 1. The van der Waals surface area contributed by atoms with Crippen LogP contribution < -0.4 is 37.5 Å². The number of carboxylic acids is 2. The molecule has 0 bridgehead atoms. The van der Waals surface area contributed by atoms with Gasteiger partial charge in [-0.05, 0) is 136 Å². The third-order valence-corrected chi connectivity index (χ3v) is 20.8. The lowest BCUT2D eigenvalue weighted by molar-refractivity contribution is -0.145. The van der Waals surface area contributed by atoms with Gasteiger partial charge in [-0.25, -0.2) is 9.37 Å². The number of H-pyrrole nitrogens is 1. The van der Waals surface area contributed by atoms with Gasteiger partial charge < -0.3 is 72.9 Å². The smallest absolute Gasteiger partial charge is 0.304 e. The molecule has 4 aromatic carbocycles. The van der Waals surface area contributed by atoms with E-state index in [2.05, 4.69) is 36.2 Å². The number of Topliss-reactive ketones (excluding diaryl/α,β-unsaturated/α-hetero) is 5. The van der Waals surface area contributed by atoms with Crippen LogP contribution >= 0.6 is 0 Å². The standard InChI is InChI=1S/C82H101FN10O19/c1-8-51-32-59(112-7)24-25-61(51)52-21-18-49(19-22-52)31-67(69(98)33-55(75(85)106)30-50-20-26-66(87-41-50)60-16-11-9-14-46(60)2)90-77(108)56(36-74(104)105)34-70(99)68(44-94)91-78(109)63(48(4)96)39-71(100)81(5,40-54-15-10-12-17-64(54)83)92-79(110)62(47(3)95)38-58(97)43-88-76(107)53(23-27-73(102)103)35-72(101)82(6)28-13-29-93(82)80(111)65(84)37-57-42-86-45-89-57/h9-12,14-22,24-26,32,41-42,45,47-48,53,55-56,62-63,65,67-68,94-96H,8,13,23,27-31,33-40,43-44,84H2,1-7H3,(H2,85,106)(H,86,89)(H,88,107)(H,90,108)(H,91,109)(H,92,110)(H,102,103)(H,104,105)/t47-,48-,53-,55-,56+,62+,63+,65+,67+,68+,81-,82-/m1/s1. The maximum Gasteiger partial charge on any atom is 0.304 e. The Morgan fingerprint density at radius 3 is 1.96 bits per heavy atom. The molecule has 0 spiro atoms. The number of aliphatic carboxylic acids is 2. The third kappa shape index (κ3) is 24.2. The number of ketones is 5. The first-order valence-electron chi connectivity index (χ1n) is 37.2. The summed E-state index contributed by atoms with van der Waals surface area (Å²) in [5.74, 6) is -20.9. The summed E-state index contributed by atoms with van der Waals surface area (Å²) in [6.07, 6.45) is -4.24. The lowest BCUT2D eigenvalue weighted by Gasteiger charge is -2.36. The van der Waals surface area contributed by atoms with E-state index in [9.17, 15) is 87.9 Å². The summed E-state index contributed by atoms with van der Waals surface area (Å²) in [6.45, 7) is 7.03. The van der Waals surface area contributed by atoms with Gasteiger partial charge in [0.1, 0.15) is 17.6 Å². The maximum absolute atomic E-state index is 15.6. The van der Waals surface area contributed by atoms with E-state index in [0.29, 0.717) is 41.1 Å². The molecule has 6 aromatic rings. The minimum atomic E-state index is -2.25. The predicted octanol–water partition coefficient (Wildman–Crippen LogP) is 4.55. The second-order valence-corrected chi connectivity index (χ2v) is 29.3. The Kier molecular flexibility index (Phi) is 32.1. The fourth-order valence-corrected chi connectivity index (χ4v) is 14.0. The zero-order valence-electron chi connectivity index (χ0n) is 63.9. The number of aromatic nitrogens is 3. The molecule has 0 radical (unpaired) electrons. The first-order chi connectivity index (χ1) is 53.1. The van der Waals surface area contributed by atoms with Gasteiger partial charge in [0.25, 0.3) is 0 Å². The number of pyridine rings is 1. The fourth-order valence-electron chi connectivity index (χ4n) is 14.0. The van der Waals surface area contributed by atoms with Crippen LogP contribution in [0.3, 0.4) is 0 Å². The molecule has 3 heterocycles. The van der Waals surface area contributed by atoms with Crippen LogP contribution in [0.25, 0.3) is 22.4 Å². The van der Waals surface area contributed by atoms with Gasteiger partial charge in [-0.3, -0.25) is 67.3 Å².